The second kappa shape index (κ2) is 4.00. The predicted molar refractivity (Wildman–Crippen MR) is 47.6 cm³/mol. The molecule has 0 saturated carbocycles. The van der Waals surface area contributed by atoms with Crippen LogP contribution in [0.15, 0.2) is 18.2 Å². The fourth-order valence-corrected chi connectivity index (χ4v) is 0.869. The van der Waals surface area contributed by atoms with Gasteiger partial charge in [-0.05, 0) is 32.0 Å². The molecule has 1 aromatic rings. The van der Waals surface area contributed by atoms with Crippen molar-refractivity contribution in [1.82, 2.24) is 0 Å². The third kappa shape index (κ3) is 2.46. The maximum atomic E-state index is 5.43. The van der Waals surface area contributed by atoms with Crippen LogP contribution in [0.2, 0.25) is 0 Å². The Bertz CT molecular complexity index is 226. The van der Waals surface area contributed by atoms with Gasteiger partial charge in [-0.2, -0.15) is 0 Å². The summed E-state index contributed by atoms with van der Waals surface area (Å²) in [6.07, 6.45) is 0.201. The molecule has 0 bridgehead atoms. The Morgan fingerprint density at radius 2 is 2.08 bits per heavy atom. The van der Waals surface area contributed by atoms with Crippen LogP contribution >= 0.6 is 0 Å². The molecule has 0 spiro atoms. The summed E-state index contributed by atoms with van der Waals surface area (Å²) < 4.78 is 10.4. The molecule has 0 saturated heterocycles. The standard InChI is InChI=1S/C10H13O2/c1-8(2)12-10-6-4-9(11-3)5-7-10/h4,6-8H,1-3H3. The third-order valence-electron chi connectivity index (χ3n) is 1.35. The Hall–Kier alpha value is -1.18. The Kier molecular flexibility index (Phi) is 2.97. The highest BCUT2D eigenvalue weighted by Gasteiger charge is 1.97. The molecule has 0 aliphatic heterocycles. The lowest BCUT2D eigenvalue weighted by molar-refractivity contribution is 0.242. The minimum atomic E-state index is 0.201. The van der Waals surface area contributed by atoms with Crippen LogP contribution in [0.3, 0.4) is 0 Å². The number of hydrogen-bond donors (Lipinski definition) is 0. The van der Waals surface area contributed by atoms with Crippen molar-refractivity contribution in [3.63, 3.8) is 0 Å². The fourth-order valence-electron chi connectivity index (χ4n) is 0.869. The molecule has 0 aromatic heterocycles. The maximum Gasteiger partial charge on any atom is 0.127 e. The van der Waals surface area contributed by atoms with Gasteiger partial charge in [-0.25, -0.2) is 0 Å². The molecule has 12 heavy (non-hydrogen) atoms. The first-order valence-corrected chi connectivity index (χ1v) is 3.94. The fraction of sp³-hybridized carbons (Fsp3) is 0.400. The van der Waals surface area contributed by atoms with Crippen LogP contribution in [0.1, 0.15) is 13.8 Å². The lowest BCUT2D eigenvalue weighted by atomic mass is 10.3. The van der Waals surface area contributed by atoms with Crippen molar-refractivity contribution >= 4 is 0 Å². The molecule has 2 heteroatoms. The van der Waals surface area contributed by atoms with E-state index in [1.165, 1.54) is 0 Å². The average Bonchev–Trinajstić information content (AvgIpc) is 2.05. The highest BCUT2D eigenvalue weighted by atomic mass is 16.5. The third-order valence-corrected chi connectivity index (χ3v) is 1.35. The van der Waals surface area contributed by atoms with E-state index >= 15 is 0 Å². The van der Waals surface area contributed by atoms with Crippen LogP contribution in [0.5, 0.6) is 11.5 Å². The smallest absolute Gasteiger partial charge is 0.127 e. The monoisotopic (exact) mass is 165 g/mol. The zero-order chi connectivity index (χ0) is 8.97. The molecular weight excluding hydrogens is 152 g/mol. The molecule has 0 atom stereocenters. The van der Waals surface area contributed by atoms with Crippen molar-refractivity contribution in [3.05, 3.63) is 24.3 Å². The number of hydrogen-bond acceptors (Lipinski definition) is 2. The second-order valence-corrected chi connectivity index (χ2v) is 2.76. The first-order chi connectivity index (χ1) is 5.72. The van der Waals surface area contributed by atoms with Gasteiger partial charge in [0.1, 0.15) is 11.5 Å². The van der Waals surface area contributed by atoms with Gasteiger partial charge in [0.05, 0.1) is 13.2 Å². The van der Waals surface area contributed by atoms with Gasteiger partial charge < -0.3 is 9.47 Å². The van der Waals surface area contributed by atoms with Crippen molar-refractivity contribution in [2.24, 2.45) is 0 Å². The van der Waals surface area contributed by atoms with Crippen molar-refractivity contribution in [2.75, 3.05) is 7.11 Å². The molecule has 0 aliphatic rings. The van der Waals surface area contributed by atoms with Gasteiger partial charge in [0.2, 0.25) is 0 Å². The SMILES string of the molecule is COc1[c]cc(OC(C)C)cc1. The van der Waals surface area contributed by atoms with Crippen LogP contribution in [0.25, 0.3) is 0 Å². The molecule has 1 aromatic carbocycles. The number of ether oxygens (including phenoxy) is 2. The summed E-state index contributed by atoms with van der Waals surface area (Å²) in [4.78, 5) is 0. The molecule has 0 heterocycles. The van der Waals surface area contributed by atoms with Gasteiger partial charge in [-0.1, -0.05) is 0 Å². The summed E-state index contributed by atoms with van der Waals surface area (Å²) >= 11 is 0. The lowest BCUT2D eigenvalue weighted by Gasteiger charge is -2.09. The summed E-state index contributed by atoms with van der Waals surface area (Å²) in [7, 11) is 1.62. The average molecular weight is 165 g/mol. The number of methoxy groups -OCH3 is 1. The lowest BCUT2D eigenvalue weighted by Crippen LogP contribution is -2.05. The van der Waals surface area contributed by atoms with E-state index in [0.717, 1.165) is 11.5 Å². The Balaban J connectivity index is 2.65. The molecule has 2 nitrogen and oxygen atoms in total. The van der Waals surface area contributed by atoms with Crippen LogP contribution in [-0.2, 0) is 0 Å². The van der Waals surface area contributed by atoms with E-state index in [4.69, 9.17) is 9.47 Å². The van der Waals surface area contributed by atoms with Gasteiger partial charge in [0, 0.05) is 6.07 Å². The van der Waals surface area contributed by atoms with Crippen molar-refractivity contribution in [1.29, 1.82) is 0 Å². The van der Waals surface area contributed by atoms with E-state index in [1.807, 2.05) is 26.0 Å². The molecule has 1 rings (SSSR count). The van der Waals surface area contributed by atoms with Gasteiger partial charge in [0.15, 0.2) is 0 Å². The zero-order valence-electron chi connectivity index (χ0n) is 7.63. The quantitative estimate of drug-likeness (QED) is 0.684. The van der Waals surface area contributed by atoms with Crippen molar-refractivity contribution < 1.29 is 9.47 Å². The Labute approximate surface area is 73.1 Å². The summed E-state index contributed by atoms with van der Waals surface area (Å²) in [5.41, 5.74) is 0. The van der Waals surface area contributed by atoms with Crippen LogP contribution < -0.4 is 9.47 Å². The van der Waals surface area contributed by atoms with E-state index in [9.17, 15) is 0 Å². The highest BCUT2D eigenvalue weighted by molar-refractivity contribution is 5.29. The molecule has 0 amide bonds. The summed E-state index contributed by atoms with van der Waals surface area (Å²) in [6, 6.07) is 8.42. The van der Waals surface area contributed by atoms with Crippen LogP contribution in [0, 0.1) is 6.07 Å². The zero-order valence-corrected chi connectivity index (χ0v) is 7.63. The largest absolute Gasteiger partial charge is 0.496 e. The first kappa shape index (κ1) is 8.91. The van der Waals surface area contributed by atoms with Crippen LogP contribution in [0.4, 0.5) is 0 Å². The van der Waals surface area contributed by atoms with Crippen molar-refractivity contribution in [3.8, 4) is 11.5 Å². The maximum absolute atomic E-state index is 5.43. The van der Waals surface area contributed by atoms with Gasteiger partial charge in [-0.15, -0.1) is 0 Å². The second-order valence-electron chi connectivity index (χ2n) is 2.76. The Morgan fingerprint density at radius 1 is 1.33 bits per heavy atom. The molecule has 0 fully saturated rings. The van der Waals surface area contributed by atoms with Gasteiger partial charge in [0.25, 0.3) is 0 Å². The molecular formula is C10H13O2. The van der Waals surface area contributed by atoms with Gasteiger partial charge >= 0.3 is 0 Å². The molecule has 0 aliphatic carbocycles. The van der Waals surface area contributed by atoms with Gasteiger partial charge in [-0.3, -0.25) is 0 Å². The Morgan fingerprint density at radius 3 is 2.50 bits per heavy atom. The minimum Gasteiger partial charge on any atom is -0.496 e. The first-order valence-electron chi connectivity index (χ1n) is 3.94. The molecule has 65 valence electrons. The van der Waals surface area contributed by atoms with Crippen molar-refractivity contribution in [2.45, 2.75) is 20.0 Å². The van der Waals surface area contributed by atoms with E-state index in [0.29, 0.717) is 0 Å². The van der Waals surface area contributed by atoms with E-state index in [1.54, 1.807) is 13.2 Å². The molecule has 0 unspecified atom stereocenters. The summed E-state index contributed by atoms with van der Waals surface area (Å²) in [5.74, 6) is 1.55. The highest BCUT2D eigenvalue weighted by Crippen LogP contribution is 2.16. The number of benzene rings is 1. The summed E-state index contributed by atoms with van der Waals surface area (Å²) in [6.45, 7) is 3.98. The normalized spacial score (nSPS) is 10.0. The molecule has 1 radical (unpaired) electrons. The van der Waals surface area contributed by atoms with E-state index in [-0.39, 0.29) is 6.10 Å². The van der Waals surface area contributed by atoms with E-state index in [2.05, 4.69) is 6.07 Å². The van der Waals surface area contributed by atoms with E-state index < -0.39 is 0 Å². The number of rotatable bonds is 3. The predicted octanol–water partition coefficient (Wildman–Crippen LogP) is 2.28. The summed E-state index contributed by atoms with van der Waals surface area (Å²) in [5, 5.41) is 0. The minimum absolute atomic E-state index is 0.201. The van der Waals surface area contributed by atoms with Crippen LogP contribution in [-0.4, -0.2) is 13.2 Å². The topological polar surface area (TPSA) is 18.5 Å². The molecule has 0 N–H and O–H groups in total.